The standard InChI is InChI=1S/C10H18IN/c1-5-7-8-9-12(4)10(3,11)6-2/h1H,6-9H2,2-4H3. The number of alkyl halides is 1. The molecule has 0 aromatic heterocycles. The molecule has 2 heteroatoms. The summed E-state index contributed by atoms with van der Waals surface area (Å²) in [6.07, 6.45) is 8.35. The Hall–Kier alpha value is 0.250. The van der Waals surface area contributed by atoms with Crippen LogP contribution in [0.1, 0.15) is 33.1 Å². The topological polar surface area (TPSA) is 3.24 Å². The van der Waals surface area contributed by atoms with E-state index >= 15 is 0 Å². The van der Waals surface area contributed by atoms with E-state index < -0.39 is 0 Å². The lowest BCUT2D eigenvalue weighted by atomic mass is 10.2. The average Bonchev–Trinajstić information content (AvgIpc) is 2.05. The van der Waals surface area contributed by atoms with Crippen LogP contribution >= 0.6 is 22.6 Å². The van der Waals surface area contributed by atoms with E-state index in [1.807, 2.05) is 0 Å². The Labute approximate surface area is 90.0 Å². The van der Waals surface area contributed by atoms with Crippen molar-refractivity contribution in [3.05, 3.63) is 0 Å². The molecule has 0 bridgehead atoms. The summed E-state index contributed by atoms with van der Waals surface area (Å²) in [4.78, 5) is 2.37. The second-order valence-electron chi connectivity index (χ2n) is 3.23. The summed E-state index contributed by atoms with van der Waals surface area (Å²) in [5, 5.41) is 0. The molecule has 0 heterocycles. The van der Waals surface area contributed by atoms with Crippen LogP contribution in [0.3, 0.4) is 0 Å². The largest absolute Gasteiger partial charge is 0.292 e. The van der Waals surface area contributed by atoms with Crippen molar-refractivity contribution in [2.24, 2.45) is 0 Å². The van der Waals surface area contributed by atoms with Gasteiger partial charge in [0.1, 0.15) is 0 Å². The highest BCUT2D eigenvalue weighted by atomic mass is 127. The number of rotatable bonds is 5. The zero-order valence-corrected chi connectivity index (χ0v) is 10.4. The molecule has 0 aromatic rings. The van der Waals surface area contributed by atoms with Gasteiger partial charge in [-0.15, -0.1) is 12.3 Å². The predicted octanol–water partition coefficient (Wildman–Crippen LogP) is 2.89. The molecule has 0 saturated heterocycles. The minimum Gasteiger partial charge on any atom is -0.292 e. The average molecular weight is 279 g/mol. The van der Waals surface area contributed by atoms with Crippen molar-refractivity contribution in [2.45, 2.75) is 36.7 Å². The molecule has 0 aliphatic heterocycles. The summed E-state index contributed by atoms with van der Waals surface area (Å²) < 4.78 is 0.284. The number of hydrogen-bond acceptors (Lipinski definition) is 1. The SMILES string of the molecule is C#CCCCN(C)C(C)(I)CC. The minimum atomic E-state index is 0.284. The zero-order chi connectivity index (χ0) is 9.61. The first-order valence-corrected chi connectivity index (χ1v) is 5.46. The first-order valence-electron chi connectivity index (χ1n) is 4.38. The smallest absolute Gasteiger partial charge is 0.0696 e. The summed E-state index contributed by atoms with van der Waals surface area (Å²) in [6, 6.07) is 0. The Balaban J connectivity index is 3.72. The number of halogens is 1. The Morgan fingerprint density at radius 2 is 2.17 bits per heavy atom. The van der Waals surface area contributed by atoms with E-state index in [1.54, 1.807) is 0 Å². The molecule has 0 fully saturated rings. The molecule has 70 valence electrons. The van der Waals surface area contributed by atoms with Gasteiger partial charge in [-0.2, -0.15) is 0 Å². The molecule has 1 unspecified atom stereocenters. The number of unbranched alkanes of at least 4 members (excludes halogenated alkanes) is 1. The lowest BCUT2D eigenvalue weighted by Gasteiger charge is -2.32. The summed E-state index contributed by atoms with van der Waals surface area (Å²) in [6.45, 7) is 5.56. The van der Waals surface area contributed by atoms with Crippen molar-refractivity contribution in [3.63, 3.8) is 0 Å². The number of nitrogens with zero attached hydrogens (tertiary/aromatic N) is 1. The summed E-state index contributed by atoms with van der Waals surface area (Å²) in [5.41, 5.74) is 0. The molecular formula is C10H18IN. The van der Waals surface area contributed by atoms with Crippen LogP contribution in [0.2, 0.25) is 0 Å². The number of terminal acetylenes is 1. The van der Waals surface area contributed by atoms with Crippen molar-refractivity contribution in [2.75, 3.05) is 13.6 Å². The van der Waals surface area contributed by atoms with Crippen LogP contribution in [-0.4, -0.2) is 22.0 Å². The van der Waals surface area contributed by atoms with Gasteiger partial charge in [0, 0.05) is 6.42 Å². The van der Waals surface area contributed by atoms with Crippen molar-refractivity contribution < 1.29 is 0 Å². The van der Waals surface area contributed by atoms with Gasteiger partial charge in [-0.25, -0.2) is 0 Å². The third-order valence-electron chi connectivity index (χ3n) is 2.26. The minimum absolute atomic E-state index is 0.284. The molecule has 0 N–H and O–H groups in total. The van der Waals surface area contributed by atoms with Gasteiger partial charge in [-0.05, 0) is 33.4 Å². The van der Waals surface area contributed by atoms with E-state index in [-0.39, 0.29) is 3.55 Å². The molecule has 12 heavy (non-hydrogen) atoms. The Kier molecular flexibility index (Phi) is 5.94. The van der Waals surface area contributed by atoms with Crippen molar-refractivity contribution in [1.82, 2.24) is 4.90 Å². The Morgan fingerprint density at radius 3 is 2.58 bits per heavy atom. The maximum atomic E-state index is 5.19. The normalized spacial score (nSPS) is 15.7. The van der Waals surface area contributed by atoms with Gasteiger partial charge in [0.2, 0.25) is 0 Å². The van der Waals surface area contributed by atoms with Crippen molar-refractivity contribution >= 4 is 22.6 Å². The molecule has 0 spiro atoms. The van der Waals surface area contributed by atoms with Gasteiger partial charge in [-0.1, -0.05) is 29.5 Å². The van der Waals surface area contributed by atoms with Gasteiger partial charge >= 0.3 is 0 Å². The monoisotopic (exact) mass is 279 g/mol. The van der Waals surface area contributed by atoms with Crippen LogP contribution in [-0.2, 0) is 0 Å². The zero-order valence-electron chi connectivity index (χ0n) is 8.23. The predicted molar refractivity (Wildman–Crippen MR) is 63.4 cm³/mol. The fraction of sp³-hybridized carbons (Fsp3) is 0.800. The molecule has 0 amide bonds. The van der Waals surface area contributed by atoms with Crippen LogP contribution in [0.25, 0.3) is 0 Å². The third kappa shape index (κ3) is 4.32. The molecule has 0 saturated carbocycles. The van der Waals surface area contributed by atoms with E-state index in [4.69, 9.17) is 6.42 Å². The van der Waals surface area contributed by atoms with Gasteiger partial charge in [-0.3, -0.25) is 4.90 Å². The first kappa shape index (κ1) is 12.2. The molecule has 0 rings (SSSR count). The van der Waals surface area contributed by atoms with E-state index in [2.05, 4.69) is 54.3 Å². The fourth-order valence-electron chi connectivity index (χ4n) is 0.921. The molecule has 0 aromatic carbocycles. The lowest BCUT2D eigenvalue weighted by molar-refractivity contribution is 0.235. The van der Waals surface area contributed by atoms with Crippen LogP contribution < -0.4 is 0 Å². The van der Waals surface area contributed by atoms with Gasteiger partial charge in [0.25, 0.3) is 0 Å². The van der Waals surface area contributed by atoms with Gasteiger partial charge < -0.3 is 0 Å². The molecule has 0 aliphatic carbocycles. The Bertz CT molecular complexity index is 158. The van der Waals surface area contributed by atoms with Gasteiger partial charge in [0.05, 0.1) is 3.55 Å². The molecule has 0 radical (unpaired) electrons. The van der Waals surface area contributed by atoms with E-state index in [0.29, 0.717) is 0 Å². The van der Waals surface area contributed by atoms with Crippen LogP contribution in [0.15, 0.2) is 0 Å². The highest BCUT2D eigenvalue weighted by molar-refractivity contribution is 14.1. The second kappa shape index (κ2) is 5.82. The first-order chi connectivity index (χ1) is 5.54. The van der Waals surface area contributed by atoms with E-state index in [1.165, 1.54) is 6.42 Å². The summed E-state index contributed by atoms with van der Waals surface area (Å²) in [5.74, 6) is 2.66. The molecular weight excluding hydrogens is 261 g/mol. The highest BCUT2D eigenvalue weighted by Gasteiger charge is 2.21. The molecule has 1 atom stereocenters. The third-order valence-corrected chi connectivity index (χ3v) is 3.84. The lowest BCUT2D eigenvalue weighted by Crippen LogP contribution is -2.38. The van der Waals surface area contributed by atoms with Crippen LogP contribution in [0, 0.1) is 12.3 Å². The Morgan fingerprint density at radius 1 is 1.58 bits per heavy atom. The summed E-state index contributed by atoms with van der Waals surface area (Å²) in [7, 11) is 2.16. The van der Waals surface area contributed by atoms with Gasteiger partial charge in [0.15, 0.2) is 0 Å². The highest BCUT2D eigenvalue weighted by Crippen LogP contribution is 2.25. The van der Waals surface area contributed by atoms with Crippen molar-refractivity contribution in [3.8, 4) is 12.3 Å². The molecule has 0 aliphatic rings. The fourth-order valence-corrected chi connectivity index (χ4v) is 1.16. The number of hydrogen-bond donors (Lipinski definition) is 0. The second-order valence-corrected chi connectivity index (χ2v) is 5.55. The van der Waals surface area contributed by atoms with Crippen LogP contribution in [0.5, 0.6) is 0 Å². The molecule has 1 nitrogen and oxygen atoms in total. The quantitative estimate of drug-likeness (QED) is 0.246. The van der Waals surface area contributed by atoms with Crippen molar-refractivity contribution in [1.29, 1.82) is 0 Å². The maximum absolute atomic E-state index is 5.19. The van der Waals surface area contributed by atoms with Crippen LogP contribution in [0.4, 0.5) is 0 Å². The van der Waals surface area contributed by atoms with E-state index in [0.717, 1.165) is 19.4 Å². The maximum Gasteiger partial charge on any atom is 0.0696 e. The van der Waals surface area contributed by atoms with E-state index in [9.17, 15) is 0 Å². The summed E-state index contributed by atoms with van der Waals surface area (Å²) >= 11 is 2.49.